The summed E-state index contributed by atoms with van der Waals surface area (Å²) in [4.78, 5) is 0. The minimum atomic E-state index is 0.435. The van der Waals surface area contributed by atoms with Gasteiger partial charge in [0, 0.05) is 28.8 Å². The molecule has 0 amide bonds. The zero-order chi connectivity index (χ0) is 13.9. The van der Waals surface area contributed by atoms with Gasteiger partial charge >= 0.3 is 0 Å². The minimum Gasteiger partial charge on any atom is -0.497 e. The van der Waals surface area contributed by atoms with Crippen molar-refractivity contribution in [1.82, 2.24) is 0 Å². The van der Waals surface area contributed by atoms with Crippen molar-refractivity contribution in [2.45, 2.75) is 6.61 Å². The predicted molar refractivity (Wildman–Crippen MR) is 78.0 cm³/mol. The molecular weight excluding hydrogens is 254 g/mol. The van der Waals surface area contributed by atoms with E-state index in [0.717, 1.165) is 28.0 Å². The molecule has 3 aromatic rings. The second-order valence-electron chi connectivity index (χ2n) is 4.48. The van der Waals surface area contributed by atoms with E-state index < -0.39 is 0 Å². The number of furan rings is 1. The molecule has 0 radical (unpaired) electrons. The van der Waals surface area contributed by atoms with E-state index in [9.17, 15) is 0 Å². The molecule has 0 spiro atoms. The van der Waals surface area contributed by atoms with Gasteiger partial charge in [0.25, 0.3) is 0 Å². The maximum atomic E-state index is 5.76. The molecule has 0 atom stereocenters. The lowest BCUT2D eigenvalue weighted by Crippen LogP contribution is -1.95. The third kappa shape index (κ3) is 2.40. The summed E-state index contributed by atoms with van der Waals surface area (Å²) in [5.74, 6) is 1.53. The van der Waals surface area contributed by atoms with Crippen LogP contribution in [0.3, 0.4) is 0 Å². The molecule has 0 unspecified atom stereocenters. The minimum absolute atomic E-state index is 0.435. The zero-order valence-corrected chi connectivity index (χ0v) is 11.1. The maximum Gasteiger partial charge on any atom is 0.136 e. The van der Waals surface area contributed by atoms with E-state index in [1.165, 1.54) is 0 Å². The highest BCUT2D eigenvalue weighted by Crippen LogP contribution is 2.25. The van der Waals surface area contributed by atoms with Gasteiger partial charge in [-0.15, -0.1) is 0 Å². The molecule has 2 aromatic carbocycles. The van der Waals surface area contributed by atoms with Gasteiger partial charge in [-0.05, 0) is 24.3 Å². The molecule has 4 heteroatoms. The van der Waals surface area contributed by atoms with Crippen molar-refractivity contribution < 1.29 is 13.9 Å². The van der Waals surface area contributed by atoms with E-state index in [4.69, 9.17) is 19.6 Å². The summed E-state index contributed by atoms with van der Waals surface area (Å²) in [5, 5.41) is 1.02. The van der Waals surface area contributed by atoms with Crippen LogP contribution >= 0.6 is 0 Å². The van der Waals surface area contributed by atoms with Crippen molar-refractivity contribution in [3.8, 4) is 11.5 Å². The smallest absolute Gasteiger partial charge is 0.136 e. The number of benzene rings is 2. The number of fused-ring (bicyclic) bond motifs is 1. The molecule has 0 saturated heterocycles. The van der Waals surface area contributed by atoms with Crippen molar-refractivity contribution in [2.75, 3.05) is 12.8 Å². The summed E-state index contributed by atoms with van der Waals surface area (Å²) in [5.41, 5.74) is 8.17. The van der Waals surface area contributed by atoms with Crippen LogP contribution in [0, 0.1) is 0 Å². The highest BCUT2D eigenvalue weighted by atomic mass is 16.5. The third-order valence-corrected chi connectivity index (χ3v) is 3.12. The summed E-state index contributed by atoms with van der Waals surface area (Å²) < 4.78 is 16.4. The van der Waals surface area contributed by atoms with Gasteiger partial charge in [-0.25, -0.2) is 0 Å². The molecule has 0 aliphatic rings. The Balaban J connectivity index is 1.79. The van der Waals surface area contributed by atoms with Crippen LogP contribution in [0.1, 0.15) is 5.56 Å². The number of nitrogen functional groups attached to an aromatic ring is 1. The lowest BCUT2D eigenvalue weighted by molar-refractivity contribution is 0.303. The molecule has 0 aliphatic carbocycles. The van der Waals surface area contributed by atoms with E-state index in [2.05, 4.69) is 0 Å². The number of rotatable bonds is 4. The monoisotopic (exact) mass is 269 g/mol. The first-order valence-corrected chi connectivity index (χ1v) is 6.29. The Morgan fingerprint density at radius 1 is 1.10 bits per heavy atom. The number of nitrogens with two attached hydrogens (primary N) is 1. The molecule has 1 aromatic heterocycles. The Morgan fingerprint density at radius 2 is 1.95 bits per heavy atom. The molecule has 20 heavy (non-hydrogen) atoms. The van der Waals surface area contributed by atoms with Crippen molar-refractivity contribution in [3.63, 3.8) is 0 Å². The lowest BCUT2D eigenvalue weighted by atomic mass is 10.2. The van der Waals surface area contributed by atoms with Crippen molar-refractivity contribution in [2.24, 2.45) is 0 Å². The average Bonchev–Trinajstić information content (AvgIpc) is 2.87. The normalized spacial score (nSPS) is 10.7. The fourth-order valence-electron chi connectivity index (χ4n) is 2.06. The summed E-state index contributed by atoms with van der Waals surface area (Å²) in [6.07, 6.45) is 1.70. The Labute approximate surface area is 116 Å². The van der Waals surface area contributed by atoms with Gasteiger partial charge in [0.2, 0.25) is 0 Å². The highest BCUT2D eigenvalue weighted by molar-refractivity contribution is 5.83. The summed E-state index contributed by atoms with van der Waals surface area (Å²) in [7, 11) is 1.63. The van der Waals surface area contributed by atoms with Crippen LogP contribution in [-0.4, -0.2) is 7.11 Å². The van der Waals surface area contributed by atoms with Crippen LogP contribution in [0.2, 0.25) is 0 Å². The van der Waals surface area contributed by atoms with E-state index in [1.807, 2.05) is 42.5 Å². The zero-order valence-electron chi connectivity index (χ0n) is 11.1. The Bertz CT molecular complexity index is 733. The van der Waals surface area contributed by atoms with Crippen LogP contribution < -0.4 is 15.2 Å². The van der Waals surface area contributed by atoms with Crippen molar-refractivity contribution in [1.29, 1.82) is 0 Å². The molecule has 1 heterocycles. The van der Waals surface area contributed by atoms with Crippen LogP contribution in [0.25, 0.3) is 11.0 Å². The van der Waals surface area contributed by atoms with E-state index in [-0.39, 0.29) is 0 Å². The summed E-state index contributed by atoms with van der Waals surface area (Å²) in [6, 6.07) is 13.1. The average molecular weight is 269 g/mol. The molecule has 4 nitrogen and oxygen atoms in total. The molecule has 3 rings (SSSR count). The van der Waals surface area contributed by atoms with E-state index >= 15 is 0 Å². The van der Waals surface area contributed by atoms with Crippen LogP contribution in [0.4, 0.5) is 5.69 Å². The first-order valence-electron chi connectivity index (χ1n) is 6.29. The summed E-state index contributed by atoms with van der Waals surface area (Å²) >= 11 is 0. The molecule has 2 N–H and O–H groups in total. The Hall–Kier alpha value is -2.62. The lowest BCUT2D eigenvalue weighted by Gasteiger charge is -2.06. The van der Waals surface area contributed by atoms with Crippen molar-refractivity contribution >= 4 is 16.7 Å². The Morgan fingerprint density at radius 3 is 2.80 bits per heavy atom. The van der Waals surface area contributed by atoms with Crippen LogP contribution in [-0.2, 0) is 6.61 Å². The van der Waals surface area contributed by atoms with Crippen LogP contribution in [0.15, 0.2) is 53.1 Å². The number of hydrogen-bond donors (Lipinski definition) is 1. The quantitative estimate of drug-likeness (QED) is 0.735. The fourth-order valence-corrected chi connectivity index (χ4v) is 2.06. The molecule has 0 bridgehead atoms. The van der Waals surface area contributed by atoms with Gasteiger partial charge in [-0.3, -0.25) is 0 Å². The van der Waals surface area contributed by atoms with Gasteiger partial charge < -0.3 is 19.6 Å². The van der Waals surface area contributed by atoms with Gasteiger partial charge in [-0.2, -0.15) is 0 Å². The second kappa shape index (κ2) is 5.17. The standard InChI is InChI=1S/C16H15NO3/c1-18-13-3-2-4-14(8-13)19-9-11-10-20-16-7-12(17)5-6-15(11)16/h2-8,10H,9,17H2,1H3. The van der Waals surface area contributed by atoms with Gasteiger partial charge in [-0.1, -0.05) is 6.07 Å². The SMILES string of the molecule is COc1cccc(OCc2coc3cc(N)ccc23)c1. The summed E-state index contributed by atoms with van der Waals surface area (Å²) in [6.45, 7) is 0.435. The van der Waals surface area contributed by atoms with Gasteiger partial charge in [0.1, 0.15) is 23.7 Å². The predicted octanol–water partition coefficient (Wildman–Crippen LogP) is 3.60. The third-order valence-electron chi connectivity index (χ3n) is 3.12. The fraction of sp³-hybridized carbons (Fsp3) is 0.125. The van der Waals surface area contributed by atoms with E-state index in [0.29, 0.717) is 12.3 Å². The first-order chi connectivity index (χ1) is 9.76. The topological polar surface area (TPSA) is 57.6 Å². The maximum absolute atomic E-state index is 5.76. The van der Waals surface area contributed by atoms with E-state index in [1.54, 1.807) is 13.4 Å². The number of hydrogen-bond acceptors (Lipinski definition) is 4. The second-order valence-corrected chi connectivity index (χ2v) is 4.48. The molecule has 102 valence electrons. The molecule has 0 saturated carbocycles. The molecule has 0 aliphatic heterocycles. The largest absolute Gasteiger partial charge is 0.497 e. The first kappa shape index (κ1) is 12.4. The highest BCUT2D eigenvalue weighted by Gasteiger charge is 2.07. The van der Waals surface area contributed by atoms with Gasteiger partial charge in [0.05, 0.1) is 13.4 Å². The Kier molecular flexibility index (Phi) is 3.21. The molecule has 0 fully saturated rings. The van der Waals surface area contributed by atoms with Crippen molar-refractivity contribution in [3.05, 3.63) is 54.3 Å². The molecular formula is C16H15NO3. The number of anilines is 1. The van der Waals surface area contributed by atoms with Gasteiger partial charge in [0.15, 0.2) is 0 Å². The number of methoxy groups -OCH3 is 1. The van der Waals surface area contributed by atoms with Crippen LogP contribution in [0.5, 0.6) is 11.5 Å². The number of ether oxygens (including phenoxy) is 2.